The Balaban J connectivity index is 1.91. The monoisotopic (exact) mass is 1360 g/mol. The van der Waals surface area contributed by atoms with Gasteiger partial charge in [-0.2, -0.15) is 8.42 Å². The molecule has 2 aliphatic heterocycles. The maximum absolute atomic E-state index is 14.2. The summed E-state index contributed by atoms with van der Waals surface area (Å²) in [7, 11) is -5.33. The molecule has 7 N–H and O–H groups in total. The number of carbonyl (C=O) groups is 2. The van der Waals surface area contributed by atoms with Gasteiger partial charge in [0, 0.05) is 6.42 Å². The Morgan fingerprint density at radius 2 is 0.745 bits per heavy atom. The molecule has 0 bridgehead atoms. The zero-order chi connectivity index (χ0) is 70.0. The molecule has 2 fully saturated rings. The van der Waals surface area contributed by atoms with E-state index < -0.39 is 103 Å². The summed E-state index contributed by atoms with van der Waals surface area (Å²) in [4.78, 5) is 27.8. The van der Waals surface area contributed by atoms with Gasteiger partial charge in [0.1, 0.15) is 30.5 Å². The van der Waals surface area contributed by atoms with Gasteiger partial charge in [0.15, 0.2) is 24.6 Å². The van der Waals surface area contributed by atoms with E-state index in [1.165, 1.54) is 167 Å². The van der Waals surface area contributed by atoms with Crippen LogP contribution in [-0.2, 0) is 47.9 Å². The first-order valence-corrected chi connectivity index (χ1v) is 40.1. The fourth-order valence-electron chi connectivity index (χ4n) is 15.8. The minimum atomic E-state index is -5.33. The second kappa shape index (κ2) is 51.6. The number of aliphatic hydroxyl groups excluding tert-OH is 6. The molecule has 0 aromatic rings. The van der Waals surface area contributed by atoms with Crippen LogP contribution in [0.15, 0.2) is 0 Å². The van der Waals surface area contributed by atoms with E-state index in [0.29, 0.717) is 60.2 Å². The maximum Gasteiger partial charge on any atom is 0.397 e. The fourth-order valence-corrected chi connectivity index (χ4v) is 16.3. The van der Waals surface area contributed by atoms with Gasteiger partial charge < -0.3 is 54.3 Å². The Hall–Kier alpha value is -1.55. The number of rotatable bonds is 58. The zero-order valence-corrected chi connectivity index (χ0v) is 62.6. The Morgan fingerprint density at radius 1 is 0.415 bits per heavy atom. The second-order valence-corrected chi connectivity index (χ2v) is 32.1. The first-order valence-electron chi connectivity index (χ1n) is 38.7. The van der Waals surface area contributed by atoms with Crippen LogP contribution in [0.5, 0.6) is 0 Å². The molecule has 21 atom stereocenters. The normalized spacial score (nSPS) is 25.6. The summed E-state index contributed by atoms with van der Waals surface area (Å²) in [5.74, 6) is 2.23. The molecule has 2 saturated heterocycles. The first kappa shape index (κ1) is 88.5. The van der Waals surface area contributed by atoms with E-state index in [9.17, 15) is 53.2 Å². The van der Waals surface area contributed by atoms with Crippen molar-refractivity contribution in [3.05, 3.63) is 0 Å². The summed E-state index contributed by atoms with van der Waals surface area (Å²) in [6.45, 7) is 25.4. The van der Waals surface area contributed by atoms with Gasteiger partial charge in [-0.05, 0) is 124 Å². The Morgan fingerprint density at radius 3 is 1.12 bits per heavy atom. The Labute approximate surface area is 574 Å². The first-order chi connectivity index (χ1) is 44.7. The summed E-state index contributed by atoms with van der Waals surface area (Å²) in [6.07, 6.45) is 26.4. The SMILES string of the molecule is CCCCCCCCCCCCCCCCC[C@H](O)[C@H](C)C[C@H](C)C[C@H](C)C[C@H](C)C[C@H](C)C[C@H](C)C[C@H](C)C[C@H](C)C[C@H](C)C[C@@H](C)C(=O)O[C@@H]1[C@H](O[C@H]2O[C@H](CO)[C@@H](O)[C@H](O)[C@H]2OS(=O)(=O)O)O[C@@H](CO)[C@H](O)[C@H]1OC(=O)CCCCCCCCCCCCCCC. The quantitative estimate of drug-likeness (QED) is 0.0169. The third kappa shape index (κ3) is 39.4. The standard InChI is InChI=1S/C76H146O17S/c1-13-15-17-19-21-23-25-27-28-30-31-33-35-37-39-41-64(79)62(11)50-60(9)48-58(7)46-56(5)44-54(3)43-55(4)45-57(6)47-59(8)49-61(10)51-63(12)74(84)91-73-71(90-67(80)42-40-38-36-34-32-29-26-24-22-20-18-16-14-2)69(82)66(53-78)89-76(73)92-75-72(93-94(85,86)87)70(83)68(81)65(52-77)88-75/h54-66,68-73,75-79,81-83H,13-53H2,1-12H3,(H,85,86,87)/t54-,55+,56-,57+,58-,59+,60-,61+,62-,63-,64+,65-,66+,68-,69+,70+,71-,72-,73+,75-,76+/m1/s1. The van der Waals surface area contributed by atoms with Gasteiger partial charge in [-0.1, -0.05) is 256 Å². The molecule has 0 aromatic heterocycles. The zero-order valence-electron chi connectivity index (χ0n) is 61.7. The van der Waals surface area contributed by atoms with Crippen LogP contribution in [-0.4, -0.2) is 136 Å². The highest BCUT2D eigenvalue weighted by atomic mass is 32.3. The van der Waals surface area contributed by atoms with E-state index in [-0.39, 0.29) is 18.4 Å². The van der Waals surface area contributed by atoms with Crippen LogP contribution in [0.4, 0.5) is 0 Å². The van der Waals surface area contributed by atoms with Gasteiger partial charge in [0.2, 0.25) is 6.29 Å². The average molecular weight is 1360 g/mol. The number of unbranched alkanes of at least 4 members (excludes halogenated alkanes) is 26. The number of hydrogen-bond acceptors (Lipinski definition) is 16. The lowest BCUT2D eigenvalue weighted by Crippen LogP contribution is -2.65. The summed E-state index contributed by atoms with van der Waals surface area (Å²) in [6, 6.07) is 0. The van der Waals surface area contributed by atoms with Crippen molar-refractivity contribution in [3.63, 3.8) is 0 Å². The molecule has 2 heterocycles. The molecule has 558 valence electrons. The molecule has 0 aromatic carbocycles. The summed E-state index contributed by atoms with van der Waals surface area (Å²) in [5.41, 5.74) is 0. The minimum absolute atomic E-state index is 0.0231. The minimum Gasteiger partial charge on any atom is -0.455 e. The van der Waals surface area contributed by atoms with E-state index in [1.54, 1.807) is 6.92 Å². The van der Waals surface area contributed by atoms with Crippen molar-refractivity contribution >= 4 is 22.3 Å². The van der Waals surface area contributed by atoms with Crippen LogP contribution in [0.3, 0.4) is 0 Å². The Bertz CT molecular complexity index is 1980. The topological polar surface area (TPSA) is 265 Å². The van der Waals surface area contributed by atoms with Crippen molar-refractivity contribution in [2.24, 2.45) is 59.2 Å². The fraction of sp³-hybridized carbons (Fsp3) is 0.974. The van der Waals surface area contributed by atoms with Crippen molar-refractivity contribution in [2.45, 2.75) is 401 Å². The molecule has 0 radical (unpaired) electrons. The number of ether oxygens (including phenoxy) is 5. The van der Waals surface area contributed by atoms with Crippen LogP contribution in [0.25, 0.3) is 0 Å². The van der Waals surface area contributed by atoms with Gasteiger partial charge >= 0.3 is 22.3 Å². The molecule has 94 heavy (non-hydrogen) atoms. The highest BCUT2D eigenvalue weighted by Gasteiger charge is 2.55. The lowest BCUT2D eigenvalue weighted by Gasteiger charge is -2.46. The Kier molecular flexibility index (Phi) is 48.6. The van der Waals surface area contributed by atoms with Gasteiger partial charge in [0.05, 0.1) is 25.2 Å². The molecular weight excluding hydrogens is 1220 g/mol. The van der Waals surface area contributed by atoms with Crippen LogP contribution in [0.2, 0.25) is 0 Å². The van der Waals surface area contributed by atoms with Crippen molar-refractivity contribution < 1.29 is 81.1 Å². The average Bonchev–Trinajstić information content (AvgIpc) is 0.782. The number of esters is 2. The number of carbonyl (C=O) groups excluding carboxylic acids is 2. The summed E-state index contributed by atoms with van der Waals surface area (Å²) >= 11 is 0. The predicted molar refractivity (Wildman–Crippen MR) is 376 cm³/mol. The van der Waals surface area contributed by atoms with Crippen LogP contribution >= 0.6 is 0 Å². The summed E-state index contributed by atoms with van der Waals surface area (Å²) in [5, 5.41) is 64.5. The largest absolute Gasteiger partial charge is 0.455 e. The number of aliphatic hydroxyl groups is 6. The lowest BCUT2D eigenvalue weighted by atomic mass is 9.79. The summed E-state index contributed by atoms with van der Waals surface area (Å²) < 4.78 is 67.7. The molecule has 0 saturated carbocycles. The van der Waals surface area contributed by atoms with E-state index in [2.05, 4.69) is 80.3 Å². The molecular formula is C76H146O17S. The van der Waals surface area contributed by atoms with Crippen molar-refractivity contribution in [2.75, 3.05) is 13.2 Å². The van der Waals surface area contributed by atoms with Gasteiger partial charge in [0.25, 0.3) is 0 Å². The second-order valence-electron chi connectivity index (χ2n) is 31.0. The molecule has 17 nitrogen and oxygen atoms in total. The van der Waals surface area contributed by atoms with Crippen molar-refractivity contribution in [1.82, 2.24) is 0 Å². The molecule has 18 heteroatoms. The van der Waals surface area contributed by atoms with E-state index in [4.69, 9.17) is 23.7 Å². The molecule has 0 amide bonds. The van der Waals surface area contributed by atoms with Gasteiger partial charge in [-0.3, -0.25) is 14.1 Å². The highest BCUT2D eigenvalue weighted by Crippen LogP contribution is 2.36. The van der Waals surface area contributed by atoms with Crippen molar-refractivity contribution in [3.8, 4) is 0 Å². The third-order valence-electron chi connectivity index (χ3n) is 20.5. The molecule has 2 aliphatic rings. The van der Waals surface area contributed by atoms with E-state index in [1.807, 2.05) is 0 Å². The van der Waals surface area contributed by atoms with E-state index >= 15 is 0 Å². The molecule has 0 unspecified atom stereocenters. The van der Waals surface area contributed by atoms with E-state index in [0.717, 1.165) is 64.2 Å². The third-order valence-corrected chi connectivity index (χ3v) is 20.9. The van der Waals surface area contributed by atoms with Crippen LogP contribution in [0.1, 0.15) is 333 Å². The molecule has 2 rings (SSSR count). The predicted octanol–water partition coefficient (Wildman–Crippen LogP) is 16.5. The van der Waals surface area contributed by atoms with Crippen LogP contribution in [0, 0.1) is 59.2 Å². The van der Waals surface area contributed by atoms with Crippen LogP contribution < -0.4 is 0 Å². The smallest absolute Gasteiger partial charge is 0.397 e. The lowest BCUT2D eigenvalue weighted by molar-refractivity contribution is -0.374. The van der Waals surface area contributed by atoms with Crippen molar-refractivity contribution in [1.29, 1.82) is 0 Å². The highest BCUT2D eigenvalue weighted by molar-refractivity contribution is 7.80. The molecule has 0 spiro atoms. The molecule has 0 aliphatic carbocycles. The number of hydrogen-bond donors (Lipinski definition) is 7. The van der Waals surface area contributed by atoms with Gasteiger partial charge in [-0.25, -0.2) is 4.18 Å². The maximum atomic E-state index is 14.2. The van der Waals surface area contributed by atoms with Gasteiger partial charge in [-0.15, -0.1) is 0 Å².